The molecular weight excluding hydrogens is 288 g/mol. The number of likely N-dealkylation sites (tertiary alicyclic amines) is 1. The van der Waals surface area contributed by atoms with E-state index in [4.69, 9.17) is 4.74 Å². The largest absolute Gasteiger partial charge is 0.492 e. The monoisotopic (exact) mass is 312 g/mol. The van der Waals surface area contributed by atoms with Crippen LogP contribution in [0.25, 0.3) is 0 Å². The second-order valence-corrected chi connectivity index (χ2v) is 5.34. The lowest BCUT2D eigenvalue weighted by Gasteiger charge is -2.27. The standard InChI is InChI=1S/C16H24N2O2.ClH/c1-14(18-10-6-7-11-18)16(19)17(2)12-13-20-15-8-4-3-5-9-15;/h3-5,8-9,14H,6-7,10-13H2,1-2H3;1H. The smallest absolute Gasteiger partial charge is 0.239 e. The van der Waals surface area contributed by atoms with E-state index in [1.54, 1.807) is 4.90 Å². The van der Waals surface area contributed by atoms with Gasteiger partial charge < -0.3 is 9.64 Å². The van der Waals surface area contributed by atoms with E-state index in [1.165, 1.54) is 12.8 Å². The molecule has 0 N–H and O–H groups in total. The molecule has 0 radical (unpaired) electrons. The maximum Gasteiger partial charge on any atom is 0.239 e. The third-order valence-electron chi connectivity index (χ3n) is 3.86. The third-order valence-corrected chi connectivity index (χ3v) is 3.86. The van der Waals surface area contributed by atoms with Crippen molar-refractivity contribution in [1.82, 2.24) is 9.80 Å². The van der Waals surface area contributed by atoms with Gasteiger partial charge in [0.25, 0.3) is 0 Å². The summed E-state index contributed by atoms with van der Waals surface area (Å²) >= 11 is 0. The molecule has 1 aromatic rings. The number of carbonyl (C=O) groups excluding carboxylic acids is 1. The summed E-state index contributed by atoms with van der Waals surface area (Å²) < 4.78 is 5.62. The molecule has 2 rings (SSSR count). The minimum absolute atomic E-state index is 0. The molecule has 1 heterocycles. The highest BCUT2D eigenvalue weighted by molar-refractivity contribution is 5.85. The van der Waals surface area contributed by atoms with Crippen LogP contribution in [0, 0.1) is 0 Å². The Hall–Kier alpha value is -1.26. The van der Waals surface area contributed by atoms with Gasteiger partial charge in [0.1, 0.15) is 12.4 Å². The van der Waals surface area contributed by atoms with Crippen molar-refractivity contribution in [2.45, 2.75) is 25.8 Å². The number of amides is 1. The van der Waals surface area contributed by atoms with Gasteiger partial charge >= 0.3 is 0 Å². The van der Waals surface area contributed by atoms with Gasteiger partial charge in [-0.1, -0.05) is 18.2 Å². The van der Waals surface area contributed by atoms with Gasteiger partial charge in [0.2, 0.25) is 5.91 Å². The van der Waals surface area contributed by atoms with Crippen molar-refractivity contribution in [3.05, 3.63) is 30.3 Å². The fourth-order valence-corrected chi connectivity index (χ4v) is 2.53. The molecule has 1 amide bonds. The van der Waals surface area contributed by atoms with E-state index in [0.717, 1.165) is 18.8 Å². The van der Waals surface area contributed by atoms with Crippen molar-refractivity contribution >= 4 is 18.3 Å². The van der Waals surface area contributed by atoms with Crippen LogP contribution in [-0.2, 0) is 4.79 Å². The Balaban J connectivity index is 0.00000220. The van der Waals surface area contributed by atoms with Crippen LogP contribution in [0.4, 0.5) is 0 Å². The Kier molecular flexibility index (Phi) is 7.54. The van der Waals surface area contributed by atoms with Crippen molar-refractivity contribution in [2.75, 3.05) is 33.3 Å². The number of carbonyl (C=O) groups is 1. The fraction of sp³-hybridized carbons (Fsp3) is 0.562. The number of para-hydroxylation sites is 1. The van der Waals surface area contributed by atoms with Gasteiger partial charge in [0.15, 0.2) is 0 Å². The van der Waals surface area contributed by atoms with Crippen molar-refractivity contribution in [1.29, 1.82) is 0 Å². The minimum Gasteiger partial charge on any atom is -0.492 e. The number of rotatable bonds is 6. The van der Waals surface area contributed by atoms with Crippen LogP contribution in [0.2, 0.25) is 0 Å². The maximum atomic E-state index is 12.3. The van der Waals surface area contributed by atoms with Gasteiger partial charge in [-0.15, -0.1) is 12.4 Å². The van der Waals surface area contributed by atoms with E-state index in [-0.39, 0.29) is 24.4 Å². The van der Waals surface area contributed by atoms with Crippen molar-refractivity contribution in [3.63, 3.8) is 0 Å². The van der Waals surface area contributed by atoms with Gasteiger partial charge in [-0.3, -0.25) is 9.69 Å². The molecular formula is C16H25ClN2O2. The molecule has 0 spiro atoms. The summed E-state index contributed by atoms with van der Waals surface area (Å²) in [4.78, 5) is 16.3. The second kappa shape index (κ2) is 8.90. The van der Waals surface area contributed by atoms with Crippen molar-refractivity contribution in [3.8, 4) is 5.75 Å². The summed E-state index contributed by atoms with van der Waals surface area (Å²) in [5.41, 5.74) is 0. The number of likely N-dealkylation sites (N-methyl/N-ethyl adjacent to an activating group) is 1. The summed E-state index contributed by atoms with van der Waals surface area (Å²) in [5.74, 6) is 1.03. The molecule has 0 saturated carbocycles. The number of hydrogen-bond donors (Lipinski definition) is 0. The van der Waals surface area contributed by atoms with E-state index in [1.807, 2.05) is 44.3 Å². The van der Waals surface area contributed by atoms with E-state index < -0.39 is 0 Å². The zero-order chi connectivity index (χ0) is 14.4. The Labute approximate surface area is 133 Å². The van der Waals surface area contributed by atoms with E-state index in [0.29, 0.717) is 13.2 Å². The quantitative estimate of drug-likeness (QED) is 0.809. The number of halogens is 1. The first-order valence-electron chi connectivity index (χ1n) is 7.35. The predicted octanol–water partition coefficient (Wildman–Crippen LogP) is 2.43. The third kappa shape index (κ3) is 5.21. The number of nitrogens with zero attached hydrogens (tertiary/aromatic N) is 2. The summed E-state index contributed by atoms with van der Waals surface area (Å²) in [7, 11) is 1.85. The van der Waals surface area contributed by atoms with Crippen LogP contribution in [0.15, 0.2) is 30.3 Å². The minimum atomic E-state index is -0.0146. The summed E-state index contributed by atoms with van der Waals surface area (Å²) in [6.07, 6.45) is 2.41. The van der Waals surface area contributed by atoms with Crippen LogP contribution < -0.4 is 4.74 Å². The van der Waals surface area contributed by atoms with Crippen molar-refractivity contribution in [2.24, 2.45) is 0 Å². The molecule has 5 heteroatoms. The topological polar surface area (TPSA) is 32.8 Å². The molecule has 1 saturated heterocycles. The Morgan fingerprint density at radius 2 is 1.90 bits per heavy atom. The van der Waals surface area contributed by atoms with Crippen LogP contribution in [-0.4, -0.2) is 55.0 Å². The zero-order valence-corrected chi connectivity index (χ0v) is 13.6. The molecule has 21 heavy (non-hydrogen) atoms. The van der Waals surface area contributed by atoms with Gasteiger partial charge in [0, 0.05) is 7.05 Å². The summed E-state index contributed by atoms with van der Waals surface area (Å²) in [5, 5.41) is 0. The predicted molar refractivity (Wildman–Crippen MR) is 87.1 cm³/mol. The molecule has 1 aliphatic heterocycles. The van der Waals surface area contributed by atoms with Gasteiger partial charge in [0.05, 0.1) is 12.6 Å². The molecule has 0 aliphatic carbocycles. The second-order valence-electron chi connectivity index (χ2n) is 5.34. The lowest BCUT2D eigenvalue weighted by molar-refractivity contribution is -0.135. The first-order chi connectivity index (χ1) is 9.68. The van der Waals surface area contributed by atoms with Crippen LogP contribution in [0.3, 0.4) is 0 Å². The van der Waals surface area contributed by atoms with Gasteiger partial charge in [-0.05, 0) is 45.0 Å². The molecule has 1 aromatic carbocycles. The highest BCUT2D eigenvalue weighted by Crippen LogP contribution is 2.13. The maximum absolute atomic E-state index is 12.3. The molecule has 118 valence electrons. The first-order valence-corrected chi connectivity index (χ1v) is 7.35. The molecule has 1 fully saturated rings. The normalized spacial score (nSPS) is 16.1. The first kappa shape index (κ1) is 17.8. The van der Waals surface area contributed by atoms with E-state index in [2.05, 4.69) is 4.90 Å². The van der Waals surface area contributed by atoms with Crippen LogP contribution in [0.1, 0.15) is 19.8 Å². The fourth-order valence-electron chi connectivity index (χ4n) is 2.53. The molecule has 1 atom stereocenters. The molecule has 0 bridgehead atoms. The summed E-state index contributed by atoms with van der Waals surface area (Å²) in [6.45, 7) is 5.23. The number of benzene rings is 1. The van der Waals surface area contributed by atoms with E-state index >= 15 is 0 Å². The average Bonchev–Trinajstić information content (AvgIpc) is 3.01. The molecule has 4 nitrogen and oxygen atoms in total. The zero-order valence-electron chi connectivity index (χ0n) is 12.8. The Morgan fingerprint density at radius 3 is 2.52 bits per heavy atom. The van der Waals surface area contributed by atoms with Crippen LogP contribution in [0.5, 0.6) is 5.75 Å². The van der Waals surface area contributed by atoms with E-state index in [9.17, 15) is 4.79 Å². The lowest BCUT2D eigenvalue weighted by atomic mass is 10.2. The molecule has 1 aliphatic rings. The Morgan fingerprint density at radius 1 is 1.29 bits per heavy atom. The number of hydrogen-bond acceptors (Lipinski definition) is 3. The van der Waals surface area contributed by atoms with Gasteiger partial charge in [-0.2, -0.15) is 0 Å². The number of ether oxygens (including phenoxy) is 1. The highest BCUT2D eigenvalue weighted by atomic mass is 35.5. The SMILES string of the molecule is CC(C(=O)N(C)CCOc1ccccc1)N1CCCC1.Cl. The molecule has 1 unspecified atom stereocenters. The summed E-state index contributed by atoms with van der Waals surface area (Å²) in [6, 6.07) is 9.68. The average molecular weight is 313 g/mol. The highest BCUT2D eigenvalue weighted by Gasteiger charge is 2.25. The van der Waals surface area contributed by atoms with Crippen molar-refractivity contribution < 1.29 is 9.53 Å². The lowest BCUT2D eigenvalue weighted by Crippen LogP contribution is -2.45. The molecule has 0 aromatic heterocycles. The van der Waals surface area contributed by atoms with Gasteiger partial charge in [-0.25, -0.2) is 0 Å². The van der Waals surface area contributed by atoms with Crippen LogP contribution >= 0.6 is 12.4 Å². The Bertz CT molecular complexity index is 422.